The summed E-state index contributed by atoms with van der Waals surface area (Å²) < 4.78 is 40.3. The minimum Gasteiger partial charge on any atom is -0.288 e. The first-order valence-corrected chi connectivity index (χ1v) is 7.38. The van der Waals surface area contributed by atoms with Crippen molar-refractivity contribution in [1.82, 2.24) is 10.4 Å². The number of carbonyl (C=O) groups is 1. The summed E-state index contributed by atoms with van der Waals surface area (Å²) >= 11 is 6.00. The Labute approximate surface area is 132 Å². The van der Waals surface area contributed by atoms with Gasteiger partial charge in [-0.3, -0.25) is 10.2 Å². The molecule has 1 aliphatic rings. The van der Waals surface area contributed by atoms with Gasteiger partial charge in [0.25, 0.3) is 0 Å². The molecule has 1 aromatic rings. The van der Waals surface area contributed by atoms with Crippen LogP contribution >= 0.6 is 11.6 Å². The van der Waals surface area contributed by atoms with Crippen LogP contribution in [-0.4, -0.2) is 28.7 Å². The molecular formula is C15H18ClF3N2O. The molecule has 1 fully saturated rings. The molecule has 0 aromatic heterocycles. The topological polar surface area (TPSA) is 32.3 Å². The van der Waals surface area contributed by atoms with Crippen LogP contribution in [0.1, 0.15) is 32.3 Å². The number of aryl methyl sites for hydroxylation is 1. The number of amides is 1. The van der Waals surface area contributed by atoms with Gasteiger partial charge in [-0.1, -0.05) is 29.8 Å². The lowest BCUT2D eigenvalue weighted by Crippen LogP contribution is -2.56. The molecule has 22 heavy (non-hydrogen) atoms. The fourth-order valence-corrected chi connectivity index (χ4v) is 2.97. The number of hydrogen-bond donors (Lipinski definition) is 1. The molecule has 0 spiro atoms. The van der Waals surface area contributed by atoms with Gasteiger partial charge in [0, 0.05) is 17.0 Å². The molecule has 0 saturated carbocycles. The van der Waals surface area contributed by atoms with E-state index in [1.165, 1.54) is 0 Å². The fraction of sp³-hybridized carbons (Fsp3) is 0.533. The Hall–Kier alpha value is -1.27. The maximum atomic E-state index is 13.4. The van der Waals surface area contributed by atoms with Gasteiger partial charge in [-0.25, -0.2) is 5.01 Å². The van der Waals surface area contributed by atoms with E-state index < -0.39 is 23.7 Å². The van der Waals surface area contributed by atoms with Crippen LogP contribution in [0.3, 0.4) is 0 Å². The van der Waals surface area contributed by atoms with Crippen LogP contribution in [0.4, 0.5) is 13.2 Å². The highest BCUT2D eigenvalue weighted by Crippen LogP contribution is 2.35. The van der Waals surface area contributed by atoms with E-state index in [0.29, 0.717) is 10.6 Å². The number of halogens is 4. The number of nitrogens with one attached hydrogen (secondary N) is 1. The number of hydrazine groups is 1. The van der Waals surface area contributed by atoms with E-state index in [2.05, 4.69) is 5.43 Å². The zero-order chi connectivity index (χ0) is 16.5. The maximum absolute atomic E-state index is 13.4. The number of benzene rings is 1. The molecule has 0 radical (unpaired) electrons. The lowest BCUT2D eigenvalue weighted by atomic mass is 9.97. The highest BCUT2D eigenvalue weighted by molar-refractivity contribution is 6.31. The Morgan fingerprint density at radius 2 is 2.00 bits per heavy atom. The number of alkyl halides is 3. The summed E-state index contributed by atoms with van der Waals surface area (Å²) in [6, 6.07) is 5.09. The molecule has 3 nitrogen and oxygen atoms in total. The van der Waals surface area contributed by atoms with E-state index >= 15 is 0 Å². The van der Waals surface area contributed by atoms with Crippen molar-refractivity contribution in [3.8, 4) is 0 Å². The van der Waals surface area contributed by atoms with Crippen molar-refractivity contribution in [2.45, 2.75) is 50.9 Å². The van der Waals surface area contributed by atoms with Crippen LogP contribution in [0, 0.1) is 0 Å². The normalized spacial score (nSPS) is 20.0. The highest BCUT2D eigenvalue weighted by Gasteiger charge is 2.51. The summed E-state index contributed by atoms with van der Waals surface area (Å²) in [6.45, 7) is 3.25. The van der Waals surface area contributed by atoms with E-state index in [4.69, 9.17) is 11.6 Å². The molecule has 1 heterocycles. The van der Waals surface area contributed by atoms with Crippen LogP contribution in [0.15, 0.2) is 24.3 Å². The molecule has 1 saturated heterocycles. The van der Waals surface area contributed by atoms with Crippen molar-refractivity contribution in [2.24, 2.45) is 0 Å². The largest absolute Gasteiger partial charge is 0.405 e. The minimum absolute atomic E-state index is 0.0473. The van der Waals surface area contributed by atoms with Gasteiger partial charge in [0.05, 0.1) is 0 Å². The second-order valence-electron chi connectivity index (χ2n) is 6.08. The smallest absolute Gasteiger partial charge is 0.288 e. The first-order chi connectivity index (χ1) is 10.1. The zero-order valence-electron chi connectivity index (χ0n) is 12.4. The van der Waals surface area contributed by atoms with E-state index in [1.807, 2.05) is 0 Å². The first-order valence-electron chi connectivity index (χ1n) is 7.00. The lowest BCUT2D eigenvalue weighted by Gasteiger charge is -2.37. The third kappa shape index (κ3) is 3.73. The molecule has 1 atom stereocenters. The predicted molar refractivity (Wildman–Crippen MR) is 78.3 cm³/mol. The quantitative estimate of drug-likeness (QED) is 0.910. The molecule has 0 unspecified atom stereocenters. The van der Waals surface area contributed by atoms with Gasteiger partial charge in [0.2, 0.25) is 5.91 Å². The predicted octanol–water partition coefficient (Wildman–Crippen LogP) is 3.72. The Kier molecular flexibility index (Phi) is 4.73. The third-order valence-electron chi connectivity index (χ3n) is 3.82. The second kappa shape index (κ2) is 6.08. The molecule has 0 aliphatic carbocycles. The summed E-state index contributed by atoms with van der Waals surface area (Å²) in [5.41, 5.74) is 2.13. The van der Waals surface area contributed by atoms with Crippen LogP contribution in [0.2, 0.25) is 5.02 Å². The van der Waals surface area contributed by atoms with Gasteiger partial charge in [-0.2, -0.15) is 13.2 Å². The minimum atomic E-state index is -4.43. The average molecular weight is 335 g/mol. The second-order valence-corrected chi connectivity index (χ2v) is 6.49. The summed E-state index contributed by atoms with van der Waals surface area (Å²) in [6.07, 6.45) is -4.37. The Morgan fingerprint density at radius 3 is 2.50 bits per heavy atom. The summed E-state index contributed by atoms with van der Waals surface area (Å²) in [5, 5.41) is 1.49. The van der Waals surface area contributed by atoms with Crippen molar-refractivity contribution in [3.05, 3.63) is 34.9 Å². The number of rotatable bonds is 4. The van der Waals surface area contributed by atoms with Gasteiger partial charge in [0.15, 0.2) is 0 Å². The molecule has 122 valence electrons. The Morgan fingerprint density at radius 1 is 1.36 bits per heavy atom. The number of nitrogens with zero attached hydrogens (tertiary/aromatic N) is 1. The molecular weight excluding hydrogens is 317 g/mol. The molecule has 1 amide bonds. The third-order valence-corrected chi connectivity index (χ3v) is 4.19. The van der Waals surface area contributed by atoms with Crippen molar-refractivity contribution >= 4 is 17.5 Å². The van der Waals surface area contributed by atoms with Gasteiger partial charge in [0.1, 0.15) is 6.04 Å². The molecule has 1 aliphatic heterocycles. The molecule has 0 bridgehead atoms. The summed E-state index contributed by atoms with van der Waals surface area (Å²) in [4.78, 5) is 11.5. The fourth-order valence-electron chi connectivity index (χ4n) is 2.74. The zero-order valence-corrected chi connectivity index (χ0v) is 13.1. The number of carbonyl (C=O) groups excluding carboxylic acids is 1. The van der Waals surface area contributed by atoms with Gasteiger partial charge >= 0.3 is 6.18 Å². The average Bonchev–Trinajstić information content (AvgIpc) is 2.63. The summed E-state index contributed by atoms with van der Waals surface area (Å²) in [7, 11) is 0. The van der Waals surface area contributed by atoms with Crippen LogP contribution in [0.25, 0.3) is 0 Å². The van der Waals surface area contributed by atoms with Crippen LogP contribution in [-0.2, 0) is 11.2 Å². The SMILES string of the molecule is CC1(C)CC(=O)NN1[C@@H](CCc1ccccc1Cl)C(F)(F)F. The molecule has 2 rings (SSSR count). The van der Waals surface area contributed by atoms with Gasteiger partial charge < -0.3 is 0 Å². The van der Waals surface area contributed by atoms with E-state index in [1.54, 1.807) is 38.1 Å². The van der Waals surface area contributed by atoms with Crippen molar-refractivity contribution in [2.75, 3.05) is 0 Å². The molecule has 7 heteroatoms. The number of hydrogen-bond acceptors (Lipinski definition) is 2. The highest BCUT2D eigenvalue weighted by atomic mass is 35.5. The lowest BCUT2D eigenvalue weighted by molar-refractivity contribution is -0.202. The molecule has 1 aromatic carbocycles. The van der Waals surface area contributed by atoms with Crippen LogP contribution < -0.4 is 5.43 Å². The van der Waals surface area contributed by atoms with Gasteiger partial charge in [-0.05, 0) is 38.3 Å². The van der Waals surface area contributed by atoms with Gasteiger partial charge in [-0.15, -0.1) is 0 Å². The maximum Gasteiger partial charge on any atom is 0.405 e. The molecule has 1 N–H and O–H groups in total. The standard InChI is InChI=1S/C15H18ClF3N2O/c1-14(2)9-13(22)20-21(14)12(15(17,18)19)8-7-10-5-3-4-6-11(10)16/h3-6,12H,7-9H2,1-2H3,(H,20,22)/t12-/m0/s1. The Bertz CT molecular complexity index is 560. The van der Waals surface area contributed by atoms with E-state index in [9.17, 15) is 18.0 Å². The first kappa shape index (κ1) is 17.1. The van der Waals surface area contributed by atoms with E-state index in [-0.39, 0.29) is 19.3 Å². The van der Waals surface area contributed by atoms with Crippen LogP contribution in [0.5, 0.6) is 0 Å². The summed E-state index contributed by atoms with van der Waals surface area (Å²) in [5.74, 6) is -0.392. The Balaban J connectivity index is 2.18. The van der Waals surface area contributed by atoms with Crippen molar-refractivity contribution in [3.63, 3.8) is 0 Å². The van der Waals surface area contributed by atoms with Crippen molar-refractivity contribution in [1.29, 1.82) is 0 Å². The van der Waals surface area contributed by atoms with E-state index in [0.717, 1.165) is 5.01 Å². The monoisotopic (exact) mass is 334 g/mol. The van der Waals surface area contributed by atoms with Crippen molar-refractivity contribution < 1.29 is 18.0 Å².